The van der Waals surface area contributed by atoms with E-state index in [9.17, 15) is 31.2 Å². The van der Waals surface area contributed by atoms with Gasteiger partial charge in [-0.15, -0.1) is 0 Å². The van der Waals surface area contributed by atoms with Crippen LogP contribution >= 0.6 is 0 Å². The summed E-state index contributed by atoms with van der Waals surface area (Å²) in [5.41, 5.74) is -0.889. The van der Waals surface area contributed by atoms with Crippen LogP contribution in [0, 0.1) is 0 Å². The van der Waals surface area contributed by atoms with Gasteiger partial charge in [-0.1, -0.05) is 6.07 Å². The number of aromatic nitrogens is 1. The highest BCUT2D eigenvalue weighted by Crippen LogP contribution is 2.31. The average Bonchev–Trinajstić information content (AvgIpc) is 3.11. The number of likely N-dealkylation sites (N-methyl/N-ethyl adjacent to an activating group) is 1. The summed E-state index contributed by atoms with van der Waals surface area (Å²) >= 11 is 0. The molecule has 172 valence electrons. The first-order chi connectivity index (χ1) is 15.0. The van der Waals surface area contributed by atoms with Crippen molar-refractivity contribution in [1.82, 2.24) is 9.88 Å². The molecule has 0 unspecified atom stereocenters. The van der Waals surface area contributed by atoms with Crippen LogP contribution in [-0.4, -0.2) is 61.4 Å². The van der Waals surface area contributed by atoms with Crippen molar-refractivity contribution in [3.8, 4) is 0 Å². The smallest absolute Gasteiger partial charge is 0.416 e. The van der Waals surface area contributed by atoms with Gasteiger partial charge in [0.15, 0.2) is 16.4 Å². The van der Waals surface area contributed by atoms with Crippen molar-refractivity contribution in [2.75, 3.05) is 30.5 Å². The molecule has 2 aromatic rings. The molecule has 1 atom stereocenters. The Labute approximate surface area is 182 Å². The second-order valence-electron chi connectivity index (χ2n) is 7.24. The third-order valence-corrected chi connectivity index (χ3v) is 6.71. The van der Waals surface area contributed by atoms with E-state index in [4.69, 9.17) is 4.74 Å². The van der Waals surface area contributed by atoms with E-state index in [1.165, 1.54) is 42.4 Å². The maximum absolute atomic E-state index is 12.9. The van der Waals surface area contributed by atoms with Crippen LogP contribution in [0.3, 0.4) is 0 Å². The lowest BCUT2D eigenvalue weighted by atomic mass is 10.2. The van der Waals surface area contributed by atoms with E-state index in [2.05, 4.69) is 10.3 Å². The normalized spacial score (nSPS) is 17.6. The Morgan fingerprint density at radius 1 is 1.25 bits per heavy atom. The van der Waals surface area contributed by atoms with Crippen molar-refractivity contribution >= 4 is 33.2 Å². The van der Waals surface area contributed by atoms with E-state index in [-0.39, 0.29) is 28.6 Å². The van der Waals surface area contributed by atoms with Crippen molar-refractivity contribution in [3.05, 3.63) is 53.7 Å². The van der Waals surface area contributed by atoms with Crippen molar-refractivity contribution in [1.29, 1.82) is 0 Å². The molecule has 2 heterocycles. The molecule has 1 N–H and O–H groups in total. The van der Waals surface area contributed by atoms with E-state index in [0.717, 1.165) is 12.1 Å². The highest BCUT2D eigenvalue weighted by molar-refractivity contribution is 7.91. The summed E-state index contributed by atoms with van der Waals surface area (Å²) in [7, 11) is -1.75. The number of nitrogens with zero attached hydrogens (tertiary/aromatic N) is 2. The minimum Gasteiger partial charge on any atom is -0.452 e. The fourth-order valence-electron chi connectivity index (χ4n) is 3.17. The first kappa shape index (κ1) is 23.5. The fourth-order valence-corrected chi connectivity index (χ4v) is 4.95. The molecule has 1 amide bonds. The van der Waals surface area contributed by atoms with Crippen LogP contribution in [0.1, 0.15) is 22.3 Å². The van der Waals surface area contributed by atoms with Crippen molar-refractivity contribution in [3.63, 3.8) is 0 Å². The molecule has 0 spiro atoms. The van der Waals surface area contributed by atoms with E-state index in [0.29, 0.717) is 6.42 Å². The topological polar surface area (TPSA) is 106 Å². The van der Waals surface area contributed by atoms with Crippen LogP contribution in [0.2, 0.25) is 0 Å². The van der Waals surface area contributed by atoms with Gasteiger partial charge in [0.1, 0.15) is 11.4 Å². The van der Waals surface area contributed by atoms with E-state index >= 15 is 0 Å². The molecule has 0 bridgehead atoms. The van der Waals surface area contributed by atoms with Gasteiger partial charge in [0, 0.05) is 25.0 Å². The Hall–Kier alpha value is -3.15. The van der Waals surface area contributed by atoms with Crippen LogP contribution < -0.4 is 5.32 Å². The van der Waals surface area contributed by atoms with Crippen LogP contribution in [-0.2, 0) is 25.5 Å². The number of carbonyl (C=O) groups excluding carboxylic acids is 2. The second-order valence-corrected chi connectivity index (χ2v) is 9.47. The van der Waals surface area contributed by atoms with Gasteiger partial charge in [0.2, 0.25) is 0 Å². The lowest BCUT2D eigenvalue weighted by molar-refractivity contribution is -0.137. The molecule has 1 aliphatic heterocycles. The van der Waals surface area contributed by atoms with Gasteiger partial charge in [-0.3, -0.25) is 4.79 Å². The number of hydrogen-bond donors (Lipinski definition) is 1. The van der Waals surface area contributed by atoms with Crippen molar-refractivity contribution in [2.24, 2.45) is 0 Å². The zero-order valence-electron chi connectivity index (χ0n) is 16.9. The van der Waals surface area contributed by atoms with Gasteiger partial charge in [-0.25, -0.2) is 18.2 Å². The zero-order valence-corrected chi connectivity index (χ0v) is 17.7. The number of ether oxygens (including phenoxy) is 1. The first-order valence-corrected chi connectivity index (χ1v) is 11.3. The number of esters is 1. The highest BCUT2D eigenvalue weighted by atomic mass is 32.2. The summed E-state index contributed by atoms with van der Waals surface area (Å²) in [6, 6.07) is 6.68. The summed E-state index contributed by atoms with van der Waals surface area (Å²) in [6.45, 7) is -0.621. The average molecular weight is 471 g/mol. The first-order valence-electron chi connectivity index (χ1n) is 9.49. The number of hydrogen-bond acceptors (Lipinski definition) is 7. The summed E-state index contributed by atoms with van der Waals surface area (Å²) in [5, 5.41) is 2.66. The van der Waals surface area contributed by atoms with Crippen LogP contribution in [0.25, 0.3) is 0 Å². The molecule has 1 saturated heterocycles. The predicted octanol–water partition coefficient (Wildman–Crippen LogP) is 2.65. The summed E-state index contributed by atoms with van der Waals surface area (Å²) in [4.78, 5) is 30.0. The summed E-state index contributed by atoms with van der Waals surface area (Å²) in [6.07, 6.45) is -2.88. The standard InChI is InChI=1S/C20H20F3N3O5S/c1-26(15-7-9-32(29,30)12-15)17(27)11-31-19(28)16-6-3-8-24-18(16)25-14-5-2-4-13(10-14)20(21,22)23/h2-6,8,10,15H,7,9,11-12H2,1H3,(H,24,25)/t15-/m1/s1. The Bertz CT molecular complexity index is 1120. The maximum Gasteiger partial charge on any atom is 0.416 e. The SMILES string of the molecule is CN(C(=O)COC(=O)c1cccnc1Nc1cccc(C(F)(F)F)c1)[C@@H]1CCS(=O)(=O)C1. The summed E-state index contributed by atoms with van der Waals surface area (Å²) in [5.74, 6) is -1.67. The Kier molecular flexibility index (Phi) is 6.72. The molecule has 8 nitrogen and oxygen atoms in total. The molecule has 0 aliphatic carbocycles. The Morgan fingerprint density at radius 2 is 2.00 bits per heavy atom. The molecule has 12 heteroatoms. The van der Waals surface area contributed by atoms with Gasteiger partial charge >= 0.3 is 12.1 Å². The number of carbonyl (C=O) groups is 2. The molecule has 1 aliphatic rings. The number of rotatable bonds is 6. The molecule has 3 rings (SSSR count). The van der Waals surface area contributed by atoms with Gasteiger partial charge < -0.3 is 15.0 Å². The maximum atomic E-state index is 12.9. The van der Waals surface area contributed by atoms with Gasteiger partial charge in [0.25, 0.3) is 5.91 Å². The van der Waals surface area contributed by atoms with E-state index in [1.807, 2.05) is 0 Å². The minimum absolute atomic E-state index is 0.00464. The van der Waals surface area contributed by atoms with Crippen LogP contribution in [0.15, 0.2) is 42.6 Å². The molecule has 1 fully saturated rings. The van der Waals surface area contributed by atoms with Crippen molar-refractivity contribution in [2.45, 2.75) is 18.6 Å². The lowest BCUT2D eigenvalue weighted by Gasteiger charge is -2.23. The van der Waals surface area contributed by atoms with Crippen molar-refractivity contribution < 1.29 is 35.9 Å². The fraction of sp³-hybridized carbons (Fsp3) is 0.350. The molecular weight excluding hydrogens is 451 g/mol. The summed E-state index contributed by atoms with van der Waals surface area (Å²) < 4.78 is 67.0. The number of anilines is 2. The van der Waals surface area contributed by atoms with Gasteiger partial charge in [-0.2, -0.15) is 13.2 Å². The number of benzene rings is 1. The zero-order chi connectivity index (χ0) is 23.5. The Balaban J connectivity index is 1.66. The monoisotopic (exact) mass is 471 g/mol. The number of sulfone groups is 1. The third kappa shape index (κ3) is 5.75. The molecule has 0 saturated carbocycles. The van der Waals surface area contributed by atoms with E-state index < -0.39 is 46.1 Å². The third-order valence-electron chi connectivity index (χ3n) is 4.96. The number of nitrogens with one attached hydrogen (secondary N) is 1. The number of pyridine rings is 1. The van der Waals surface area contributed by atoms with Crippen LogP contribution in [0.5, 0.6) is 0 Å². The molecular formula is C20H20F3N3O5S. The Morgan fingerprint density at radius 3 is 2.66 bits per heavy atom. The quantitative estimate of drug-likeness (QED) is 0.646. The lowest BCUT2D eigenvalue weighted by Crippen LogP contribution is -2.40. The predicted molar refractivity (Wildman–Crippen MR) is 109 cm³/mol. The molecule has 1 aromatic heterocycles. The van der Waals surface area contributed by atoms with E-state index in [1.54, 1.807) is 0 Å². The highest BCUT2D eigenvalue weighted by Gasteiger charge is 2.33. The second kappa shape index (κ2) is 9.15. The van der Waals surface area contributed by atoms with Crippen LogP contribution in [0.4, 0.5) is 24.7 Å². The molecule has 0 radical (unpaired) electrons. The molecule has 32 heavy (non-hydrogen) atoms. The number of alkyl halides is 3. The molecule has 1 aromatic carbocycles. The minimum atomic E-state index is -4.53. The van der Waals surface area contributed by atoms with Gasteiger partial charge in [-0.05, 0) is 36.8 Å². The largest absolute Gasteiger partial charge is 0.452 e. The van der Waals surface area contributed by atoms with Gasteiger partial charge in [0.05, 0.1) is 17.1 Å². The number of amides is 1. The number of halogens is 3.